The Morgan fingerprint density at radius 2 is 2.04 bits per heavy atom. The van der Waals surface area contributed by atoms with Crippen LogP contribution in [0.25, 0.3) is 11.4 Å². The maximum absolute atomic E-state index is 12.9. The Bertz CT molecular complexity index is 691. The van der Waals surface area contributed by atoms with E-state index in [0.29, 0.717) is 31.0 Å². The molecule has 0 unspecified atom stereocenters. The van der Waals surface area contributed by atoms with Gasteiger partial charge in [0.05, 0.1) is 0 Å². The molecule has 0 radical (unpaired) electrons. The van der Waals surface area contributed by atoms with Crippen molar-refractivity contribution in [3.8, 4) is 11.4 Å². The molecule has 0 aliphatic carbocycles. The summed E-state index contributed by atoms with van der Waals surface area (Å²) in [6.07, 6.45) is 4.99. The zero-order valence-electron chi connectivity index (χ0n) is 14.1. The zero-order valence-corrected chi connectivity index (χ0v) is 14.1. The van der Waals surface area contributed by atoms with Crippen molar-refractivity contribution in [2.75, 3.05) is 6.54 Å². The van der Waals surface area contributed by atoms with Crippen LogP contribution < -0.4 is 5.32 Å². The van der Waals surface area contributed by atoms with E-state index in [1.807, 2.05) is 6.92 Å². The SMILES string of the molecule is CC=C(C)CCCC(=O)NCCc1nc(-c2ccc(F)cc2)n[nH]1. The summed E-state index contributed by atoms with van der Waals surface area (Å²) >= 11 is 0. The van der Waals surface area contributed by atoms with Gasteiger partial charge in [0.15, 0.2) is 5.82 Å². The van der Waals surface area contributed by atoms with E-state index in [1.54, 1.807) is 12.1 Å². The second-order valence-electron chi connectivity index (χ2n) is 5.70. The summed E-state index contributed by atoms with van der Waals surface area (Å²) in [5.74, 6) is 0.983. The third kappa shape index (κ3) is 5.61. The Morgan fingerprint density at radius 3 is 2.75 bits per heavy atom. The molecule has 1 aromatic heterocycles. The number of amides is 1. The molecule has 6 heteroatoms. The minimum Gasteiger partial charge on any atom is -0.356 e. The number of halogens is 1. The second-order valence-corrected chi connectivity index (χ2v) is 5.70. The normalized spacial score (nSPS) is 11.5. The van der Waals surface area contributed by atoms with Crippen molar-refractivity contribution >= 4 is 5.91 Å². The number of allylic oxidation sites excluding steroid dienone is 2. The maximum Gasteiger partial charge on any atom is 0.220 e. The van der Waals surface area contributed by atoms with Crippen LogP contribution in [0.4, 0.5) is 4.39 Å². The summed E-state index contributed by atoms with van der Waals surface area (Å²) in [6, 6.07) is 6.02. The second kappa shape index (κ2) is 8.96. The molecule has 0 saturated heterocycles. The highest BCUT2D eigenvalue weighted by atomic mass is 19.1. The molecule has 5 nitrogen and oxygen atoms in total. The third-order valence-electron chi connectivity index (χ3n) is 3.79. The van der Waals surface area contributed by atoms with Crippen LogP contribution in [0, 0.1) is 5.82 Å². The zero-order chi connectivity index (χ0) is 17.4. The number of H-pyrrole nitrogens is 1. The number of aromatic nitrogens is 3. The van der Waals surface area contributed by atoms with E-state index in [9.17, 15) is 9.18 Å². The predicted molar refractivity (Wildman–Crippen MR) is 91.8 cm³/mol. The molecule has 1 aromatic carbocycles. The van der Waals surface area contributed by atoms with Crippen LogP contribution in [0.1, 0.15) is 38.9 Å². The molecule has 2 rings (SSSR count). The lowest BCUT2D eigenvalue weighted by atomic mass is 10.1. The van der Waals surface area contributed by atoms with Crippen LogP contribution in [0.2, 0.25) is 0 Å². The van der Waals surface area contributed by atoms with Gasteiger partial charge in [-0.3, -0.25) is 9.89 Å². The molecule has 2 N–H and O–H groups in total. The minimum atomic E-state index is -0.290. The van der Waals surface area contributed by atoms with Crippen molar-refractivity contribution in [2.24, 2.45) is 0 Å². The Morgan fingerprint density at radius 1 is 1.29 bits per heavy atom. The highest BCUT2D eigenvalue weighted by Crippen LogP contribution is 2.14. The summed E-state index contributed by atoms with van der Waals surface area (Å²) in [4.78, 5) is 16.1. The maximum atomic E-state index is 12.9. The van der Waals surface area contributed by atoms with Gasteiger partial charge in [-0.25, -0.2) is 9.37 Å². The van der Waals surface area contributed by atoms with Gasteiger partial charge in [0.1, 0.15) is 11.6 Å². The van der Waals surface area contributed by atoms with E-state index in [0.717, 1.165) is 18.4 Å². The van der Waals surface area contributed by atoms with Crippen LogP contribution in [0.15, 0.2) is 35.9 Å². The van der Waals surface area contributed by atoms with Gasteiger partial charge in [0.2, 0.25) is 5.91 Å². The smallest absolute Gasteiger partial charge is 0.220 e. The highest BCUT2D eigenvalue weighted by Gasteiger charge is 2.07. The van der Waals surface area contributed by atoms with Gasteiger partial charge >= 0.3 is 0 Å². The minimum absolute atomic E-state index is 0.0529. The van der Waals surface area contributed by atoms with Gasteiger partial charge in [-0.1, -0.05) is 11.6 Å². The van der Waals surface area contributed by atoms with Crippen LogP contribution in [0.5, 0.6) is 0 Å². The number of aromatic amines is 1. The Hall–Kier alpha value is -2.50. The Labute approximate surface area is 141 Å². The summed E-state index contributed by atoms with van der Waals surface area (Å²) in [5.41, 5.74) is 2.06. The molecule has 0 fully saturated rings. The van der Waals surface area contributed by atoms with Gasteiger partial charge in [-0.15, -0.1) is 0 Å². The van der Waals surface area contributed by atoms with Crippen LogP contribution in [0.3, 0.4) is 0 Å². The lowest BCUT2D eigenvalue weighted by Gasteiger charge is -2.04. The standard InChI is InChI=1S/C18H23FN4O/c1-3-13(2)5-4-6-17(24)20-12-11-16-21-18(23-22-16)14-7-9-15(19)10-8-14/h3,7-10H,4-6,11-12H2,1-2H3,(H,20,24)(H,21,22,23). The molecule has 0 bridgehead atoms. The van der Waals surface area contributed by atoms with E-state index >= 15 is 0 Å². The van der Waals surface area contributed by atoms with Crippen molar-refractivity contribution in [3.63, 3.8) is 0 Å². The van der Waals surface area contributed by atoms with Gasteiger partial charge in [-0.2, -0.15) is 5.10 Å². The quantitative estimate of drug-likeness (QED) is 0.729. The summed E-state index contributed by atoms with van der Waals surface area (Å²) in [5, 5.41) is 9.84. The van der Waals surface area contributed by atoms with E-state index in [-0.39, 0.29) is 11.7 Å². The molecule has 1 amide bonds. The van der Waals surface area contributed by atoms with E-state index < -0.39 is 0 Å². The van der Waals surface area contributed by atoms with Crippen molar-refractivity contribution in [1.29, 1.82) is 0 Å². The van der Waals surface area contributed by atoms with Crippen molar-refractivity contribution < 1.29 is 9.18 Å². The number of carbonyl (C=O) groups excluding carboxylic acids is 1. The van der Waals surface area contributed by atoms with E-state index in [2.05, 4.69) is 33.5 Å². The fraction of sp³-hybridized carbons (Fsp3) is 0.389. The van der Waals surface area contributed by atoms with Crippen molar-refractivity contribution in [3.05, 3.63) is 47.6 Å². The Kier molecular flexibility index (Phi) is 6.66. The molecule has 0 atom stereocenters. The lowest BCUT2D eigenvalue weighted by molar-refractivity contribution is -0.121. The number of hydrogen-bond acceptors (Lipinski definition) is 3. The van der Waals surface area contributed by atoms with Crippen LogP contribution in [-0.2, 0) is 11.2 Å². The Balaban J connectivity index is 1.73. The fourth-order valence-corrected chi connectivity index (χ4v) is 2.22. The van der Waals surface area contributed by atoms with Gasteiger partial charge < -0.3 is 5.32 Å². The first-order valence-corrected chi connectivity index (χ1v) is 8.14. The first-order valence-electron chi connectivity index (χ1n) is 8.14. The van der Waals surface area contributed by atoms with Crippen LogP contribution >= 0.6 is 0 Å². The number of benzene rings is 1. The first kappa shape index (κ1) is 17.8. The molecule has 2 aromatic rings. The predicted octanol–water partition coefficient (Wildman–Crippen LogP) is 3.41. The monoisotopic (exact) mass is 330 g/mol. The van der Waals surface area contributed by atoms with E-state index in [4.69, 9.17) is 0 Å². The first-order chi connectivity index (χ1) is 11.6. The van der Waals surface area contributed by atoms with Gasteiger partial charge in [0, 0.05) is 24.9 Å². The van der Waals surface area contributed by atoms with Crippen molar-refractivity contribution in [1.82, 2.24) is 20.5 Å². The fourth-order valence-electron chi connectivity index (χ4n) is 2.22. The van der Waals surface area contributed by atoms with Gasteiger partial charge in [-0.05, 0) is 51.0 Å². The summed E-state index contributed by atoms with van der Waals surface area (Å²) < 4.78 is 12.9. The molecular weight excluding hydrogens is 307 g/mol. The number of nitrogens with zero attached hydrogens (tertiary/aromatic N) is 2. The largest absolute Gasteiger partial charge is 0.356 e. The summed E-state index contributed by atoms with van der Waals surface area (Å²) in [7, 11) is 0. The number of hydrogen-bond donors (Lipinski definition) is 2. The molecule has 0 spiro atoms. The van der Waals surface area contributed by atoms with E-state index in [1.165, 1.54) is 17.7 Å². The molecule has 0 aliphatic heterocycles. The highest BCUT2D eigenvalue weighted by molar-refractivity contribution is 5.75. The molecule has 0 aliphatic rings. The molecule has 128 valence electrons. The average Bonchev–Trinajstić information content (AvgIpc) is 3.04. The summed E-state index contributed by atoms with van der Waals surface area (Å²) in [6.45, 7) is 4.59. The molecule has 0 saturated carbocycles. The number of rotatable bonds is 8. The number of nitrogens with one attached hydrogen (secondary N) is 2. The third-order valence-corrected chi connectivity index (χ3v) is 3.79. The molecule has 24 heavy (non-hydrogen) atoms. The topological polar surface area (TPSA) is 70.7 Å². The van der Waals surface area contributed by atoms with Crippen molar-refractivity contribution in [2.45, 2.75) is 39.5 Å². The van der Waals surface area contributed by atoms with Gasteiger partial charge in [0.25, 0.3) is 0 Å². The molecular formula is C18H23FN4O. The average molecular weight is 330 g/mol. The molecule has 1 heterocycles. The lowest BCUT2D eigenvalue weighted by Crippen LogP contribution is -2.25. The number of carbonyl (C=O) groups is 1. The van der Waals surface area contributed by atoms with Crippen LogP contribution in [-0.4, -0.2) is 27.6 Å².